The Morgan fingerprint density at radius 2 is 2.14 bits per heavy atom. The lowest BCUT2D eigenvalue weighted by atomic mass is 10.1. The quantitative estimate of drug-likeness (QED) is 0.567. The lowest BCUT2D eigenvalue weighted by Crippen LogP contribution is -2.26. The Kier molecular flexibility index (Phi) is 6.80. The number of carbonyl (C=O) groups excluding carboxylic acids is 1. The van der Waals surface area contributed by atoms with Crippen LogP contribution in [-0.2, 0) is 14.3 Å². The smallest absolute Gasteiger partial charge is 0.311 e. The van der Waals surface area contributed by atoms with Gasteiger partial charge in [0, 0.05) is 13.0 Å². The molecule has 1 unspecified atom stereocenters. The van der Waals surface area contributed by atoms with E-state index in [4.69, 9.17) is 14.2 Å². The number of benzene rings is 1. The van der Waals surface area contributed by atoms with E-state index in [-0.39, 0.29) is 24.2 Å². The van der Waals surface area contributed by atoms with E-state index in [0.717, 1.165) is 32.3 Å². The van der Waals surface area contributed by atoms with Gasteiger partial charge < -0.3 is 14.2 Å². The van der Waals surface area contributed by atoms with Gasteiger partial charge in [-0.2, -0.15) is 0 Å². The molecule has 1 saturated heterocycles. The maximum absolute atomic E-state index is 12.7. The summed E-state index contributed by atoms with van der Waals surface area (Å²) in [5.74, 6) is -0.297. The Bertz CT molecular complexity index is 454. The molecule has 1 fully saturated rings. The highest BCUT2D eigenvalue weighted by Crippen LogP contribution is 2.18. The van der Waals surface area contributed by atoms with Gasteiger partial charge in [0.2, 0.25) is 0 Å². The van der Waals surface area contributed by atoms with Crippen molar-refractivity contribution in [3.63, 3.8) is 0 Å². The van der Waals surface area contributed by atoms with Crippen LogP contribution < -0.4 is 4.74 Å². The fraction of sp³-hybridized carbons (Fsp3) is 0.588. The van der Waals surface area contributed by atoms with Gasteiger partial charge in [0.1, 0.15) is 11.6 Å². The van der Waals surface area contributed by atoms with Gasteiger partial charge in [-0.1, -0.05) is 0 Å². The second kappa shape index (κ2) is 8.86. The Morgan fingerprint density at radius 3 is 2.82 bits per heavy atom. The first-order valence-corrected chi connectivity index (χ1v) is 7.87. The maximum atomic E-state index is 12.7. The molecule has 0 aromatic heterocycles. The van der Waals surface area contributed by atoms with Crippen LogP contribution in [0.25, 0.3) is 0 Å². The summed E-state index contributed by atoms with van der Waals surface area (Å²) < 4.78 is 29.2. The summed E-state index contributed by atoms with van der Waals surface area (Å²) in [6.45, 7) is 2.75. The molecule has 0 bridgehead atoms. The van der Waals surface area contributed by atoms with Crippen molar-refractivity contribution in [3.8, 4) is 5.75 Å². The van der Waals surface area contributed by atoms with Gasteiger partial charge in [-0.3, -0.25) is 4.79 Å². The first kappa shape index (κ1) is 16.9. The highest BCUT2D eigenvalue weighted by atomic mass is 19.1. The second-order valence-electron chi connectivity index (χ2n) is 5.56. The van der Waals surface area contributed by atoms with Gasteiger partial charge in [0.15, 0.2) is 6.29 Å². The number of esters is 1. The van der Waals surface area contributed by atoms with Crippen molar-refractivity contribution in [2.45, 2.75) is 57.8 Å². The SMILES string of the molecule is C[C@@H](CCCC(=O)Oc1ccc(F)cc1)OC1CCCCO1. The zero-order chi connectivity index (χ0) is 15.8. The van der Waals surface area contributed by atoms with E-state index < -0.39 is 0 Å². The average molecular weight is 310 g/mol. The van der Waals surface area contributed by atoms with Crippen LogP contribution in [0.1, 0.15) is 45.4 Å². The summed E-state index contributed by atoms with van der Waals surface area (Å²) in [5, 5.41) is 0. The van der Waals surface area contributed by atoms with Crippen LogP contribution >= 0.6 is 0 Å². The average Bonchev–Trinajstić information content (AvgIpc) is 2.50. The standard InChI is InChI=1S/C17H23FO4/c1-13(21-17-7-2-3-12-20-17)5-4-6-16(19)22-15-10-8-14(18)9-11-15/h8-11,13,17H,2-7,12H2,1H3/t13-,17?/m0/s1. The van der Waals surface area contributed by atoms with Gasteiger partial charge >= 0.3 is 5.97 Å². The first-order valence-electron chi connectivity index (χ1n) is 7.87. The fourth-order valence-corrected chi connectivity index (χ4v) is 2.36. The molecule has 5 heteroatoms. The normalized spacial score (nSPS) is 19.6. The summed E-state index contributed by atoms with van der Waals surface area (Å²) in [7, 11) is 0. The summed E-state index contributed by atoms with van der Waals surface area (Å²) in [4.78, 5) is 11.7. The molecule has 1 aliphatic rings. The van der Waals surface area contributed by atoms with Crippen LogP contribution in [0.5, 0.6) is 5.75 Å². The van der Waals surface area contributed by atoms with Gasteiger partial charge in [-0.05, 0) is 63.3 Å². The van der Waals surface area contributed by atoms with E-state index >= 15 is 0 Å². The summed E-state index contributed by atoms with van der Waals surface area (Å²) in [6, 6.07) is 5.42. The van der Waals surface area contributed by atoms with E-state index in [2.05, 4.69) is 0 Å². The molecular weight excluding hydrogens is 287 g/mol. The molecule has 1 aromatic carbocycles. The minimum atomic E-state index is -0.351. The molecule has 0 aliphatic carbocycles. The van der Waals surface area contributed by atoms with Crippen molar-refractivity contribution in [1.29, 1.82) is 0 Å². The number of rotatable bonds is 7. The molecule has 1 heterocycles. The van der Waals surface area contributed by atoms with Gasteiger partial charge in [0.05, 0.1) is 6.10 Å². The lowest BCUT2D eigenvalue weighted by Gasteiger charge is -2.26. The number of hydrogen-bond donors (Lipinski definition) is 0. The van der Waals surface area contributed by atoms with Crippen LogP contribution in [0.3, 0.4) is 0 Å². The summed E-state index contributed by atoms with van der Waals surface area (Å²) in [5.41, 5.74) is 0. The molecule has 0 saturated carbocycles. The largest absolute Gasteiger partial charge is 0.427 e. The maximum Gasteiger partial charge on any atom is 0.311 e. The lowest BCUT2D eigenvalue weighted by molar-refractivity contribution is -0.185. The molecule has 0 amide bonds. The predicted octanol–water partition coefficient (Wildman–Crippen LogP) is 3.83. The number of carbonyl (C=O) groups is 1. The highest BCUT2D eigenvalue weighted by Gasteiger charge is 2.17. The van der Waals surface area contributed by atoms with Crippen LogP contribution in [0.2, 0.25) is 0 Å². The van der Waals surface area contributed by atoms with Gasteiger partial charge in [0.25, 0.3) is 0 Å². The number of halogens is 1. The van der Waals surface area contributed by atoms with Crippen molar-refractivity contribution >= 4 is 5.97 Å². The second-order valence-corrected chi connectivity index (χ2v) is 5.56. The fourth-order valence-electron chi connectivity index (χ4n) is 2.36. The van der Waals surface area contributed by atoms with E-state index in [1.165, 1.54) is 24.3 Å². The molecule has 0 N–H and O–H groups in total. The molecule has 2 rings (SSSR count). The van der Waals surface area contributed by atoms with Crippen molar-refractivity contribution in [3.05, 3.63) is 30.1 Å². The number of hydrogen-bond acceptors (Lipinski definition) is 4. The molecule has 122 valence electrons. The highest BCUT2D eigenvalue weighted by molar-refractivity contribution is 5.72. The Hall–Kier alpha value is -1.46. The third kappa shape index (κ3) is 6.12. The molecule has 1 aliphatic heterocycles. The Balaban J connectivity index is 1.60. The number of ether oxygens (including phenoxy) is 3. The van der Waals surface area contributed by atoms with Gasteiger partial charge in [-0.25, -0.2) is 4.39 Å². The van der Waals surface area contributed by atoms with Crippen LogP contribution in [0.15, 0.2) is 24.3 Å². The third-order valence-corrected chi connectivity index (χ3v) is 3.56. The summed E-state index contributed by atoms with van der Waals surface area (Å²) in [6.07, 6.45) is 4.92. The van der Waals surface area contributed by atoms with Crippen molar-refractivity contribution < 1.29 is 23.4 Å². The van der Waals surface area contributed by atoms with E-state index in [1.807, 2.05) is 6.92 Å². The first-order chi connectivity index (χ1) is 10.6. The van der Waals surface area contributed by atoms with Crippen LogP contribution in [0, 0.1) is 5.82 Å². The molecule has 0 spiro atoms. The topological polar surface area (TPSA) is 44.8 Å². The molecule has 0 radical (unpaired) electrons. The zero-order valence-corrected chi connectivity index (χ0v) is 12.9. The monoisotopic (exact) mass is 310 g/mol. The molecular formula is C17H23FO4. The molecule has 22 heavy (non-hydrogen) atoms. The molecule has 2 atom stereocenters. The van der Waals surface area contributed by atoms with Crippen LogP contribution in [0.4, 0.5) is 4.39 Å². The third-order valence-electron chi connectivity index (χ3n) is 3.56. The van der Waals surface area contributed by atoms with E-state index in [0.29, 0.717) is 18.6 Å². The van der Waals surface area contributed by atoms with E-state index in [9.17, 15) is 9.18 Å². The van der Waals surface area contributed by atoms with Crippen molar-refractivity contribution in [1.82, 2.24) is 0 Å². The molecule has 4 nitrogen and oxygen atoms in total. The summed E-state index contributed by atoms with van der Waals surface area (Å²) >= 11 is 0. The van der Waals surface area contributed by atoms with E-state index in [1.54, 1.807) is 0 Å². The van der Waals surface area contributed by atoms with Crippen molar-refractivity contribution in [2.75, 3.05) is 6.61 Å². The minimum Gasteiger partial charge on any atom is -0.427 e. The van der Waals surface area contributed by atoms with Gasteiger partial charge in [-0.15, -0.1) is 0 Å². The minimum absolute atomic E-state index is 0.0571. The van der Waals surface area contributed by atoms with Crippen molar-refractivity contribution in [2.24, 2.45) is 0 Å². The Morgan fingerprint density at radius 1 is 1.36 bits per heavy atom. The predicted molar refractivity (Wildman–Crippen MR) is 80.0 cm³/mol. The Labute approximate surface area is 130 Å². The van der Waals surface area contributed by atoms with Crippen LogP contribution in [-0.4, -0.2) is 25.0 Å². The zero-order valence-electron chi connectivity index (χ0n) is 12.9. The molecule has 1 aromatic rings.